The van der Waals surface area contributed by atoms with Crippen LogP contribution < -0.4 is 5.32 Å². The summed E-state index contributed by atoms with van der Waals surface area (Å²) in [4.78, 5) is 11.3. The van der Waals surface area contributed by atoms with Crippen LogP contribution in [0.2, 0.25) is 0 Å². The molecular formula is C6H6N2O3S2. The van der Waals surface area contributed by atoms with Gasteiger partial charge in [0.2, 0.25) is 0 Å². The van der Waals surface area contributed by atoms with Crippen LogP contribution in [0.15, 0.2) is 15.7 Å². The molecule has 0 fully saturated rings. The molecule has 0 saturated heterocycles. The minimum absolute atomic E-state index is 0.166. The Bertz CT molecular complexity index is 462. The Morgan fingerprint density at radius 2 is 2.15 bits per heavy atom. The Hall–Kier alpha value is -1.08. The van der Waals surface area contributed by atoms with E-state index in [0.717, 1.165) is 0 Å². The lowest BCUT2D eigenvalue weighted by Gasteiger charge is -2.22. The zero-order chi connectivity index (χ0) is 9.64. The van der Waals surface area contributed by atoms with E-state index in [4.69, 9.17) is 0 Å². The molecule has 1 N–H and O–H groups in total. The first-order valence-electron chi connectivity index (χ1n) is 3.39. The highest BCUT2D eigenvalue weighted by molar-refractivity contribution is 7.90. The van der Waals surface area contributed by atoms with Gasteiger partial charge in [0.1, 0.15) is 4.90 Å². The number of hydrogen-bond acceptors (Lipinski definition) is 4. The average molecular weight is 218 g/mol. The Balaban J connectivity index is 2.71. The highest BCUT2D eigenvalue weighted by Crippen LogP contribution is 2.31. The maximum atomic E-state index is 11.5. The van der Waals surface area contributed by atoms with Gasteiger partial charge in [0.05, 0.1) is 5.69 Å². The molecule has 0 aliphatic carbocycles. The SMILES string of the molecule is CN1C(=O)Nc2cscc2S1(=O)=O. The molecule has 2 rings (SSSR count). The molecule has 0 saturated carbocycles. The van der Waals surface area contributed by atoms with E-state index in [0.29, 0.717) is 9.99 Å². The maximum absolute atomic E-state index is 11.5. The van der Waals surface area contributed by atoms with E-state index in [1.54, 1.807) is 5.38 Å². The number of thiophene rings is 1. The third kappa shape index (κ3) is 1.04. The average Bonchev–Trinajstić information content (AvgIpc) is 2.49. The van der Waals surface area contributed by atoms with Gasteiger partial charge in [-0.05, 0) is 0 Å². The second-order valence-corrected chi connectivity index (χ2v) is 5.23. The summed E-state index contributed by atoms with van der Waals surface area (Å²) < 4.78 is 23.8. The number of fused-ring (bicyclic) bond motifs is 1. The largest absolute Gasteiger partial charge is 0.335 e. The summed E-state index contributed by atoms with van der Waals surface area (Å²) in [6.45, 7) is 0. The summed E-state index contributed by atoms with van der Waals surface area (Å²) in [5.74, 6) is 0. The molecular weight excluding hydrogens is 212 g/mol. The van der Waals surface area contributed by atoms with Crippen LogP contribution in [-0.2, 0) is 10.0 Å². The first-order chi connectivity index (χ1) is 6.03. The molecule has 70 valence electrons. The summed E-state index contributed by atoms with van der Waals surface area (Å²) in [5, 5.41) is 5.56. The van der Waals surface area contributed by atoms with E-state index in [-0.39, 0.29) is 4.90 Å². The van der Waals surface area contributed by atoms with Crippen LogP contribution in [0, 0.1) is 0 Å². The van der Waals surface area contributed by atoms with Crippen molar-refractivity contribution in [3.05, 3.63) is 10.8 Å². The molecule has 13 heavy (non-hydrogen) atoms. The molecule has 0 radical (unpaired) electrons. The quantitative estimate of drug-likeness (QED) is 0.704. The third-order valence-corrected chi connectivity index (χ3v) is 4.47. The van der Waals surface area contributed by atoms with Crippen molar-refractivity contribution in [1.29, 1.82) is 0 Å². The molecule has 1 aromatic rings. The first-order valence-corrected chi connectivity index (χ1v) is 5.78. The van der Waals surface area contributed by atoms with Crippen LogP contribution in [-0.4, -0.2) is 25.8 Å². The monoisotopic (exact) mass is 218 g/mol. The number of hydrogen-bond donors (Lipinski definition) is 1. The van der Waals surface area contributed by atoms with Crippen molar-refractivity contribution in [2.75, 3.05) is 12.4 Å². The number of rotatable bonds is 0. The Kier molecular flexibility index (Phi) is 1.61. The zero-order valence-corrected chi connectivity index (χ0v) is 8.28. The van der Waals surface area contributed by atoms with Crippen molar-refractivity contribution in [2.24, 2.45) is 0 Å². The van der Waals surface area contributed by atoms with E-state index >= 15 is 0 Å². The van der Waals surface area contributed by atoms with Crippen LogP contribution in [0.25, 0.3) is 0 Å². The lowest BCUT2D eigenvalue weighted by Crippen LogP contribution is -2.40. The highest BCUT2D eigenvalue weighted by Gasteiger charge is 2.34. The number of nitrogens with one attached hydrogen (secondary N) is 1. The van der Waals surface area contributed by atoms with E-state index < -0.39 is 16.1 Å². The predicted octanol–water partition coefficient (Wildman–Crippen LogP) is 0.914. The fourth-order valence-corrected chi connectivity index (χ4v) is 3.34. The van der Waals surface area contributed by atoms with Gasteiger partial charge in [-0.2, -0.15) is 0 Å². The van der Waals surface area contributed by atoms with Crippen molar-refractivity contribution in [3.8, 4) is 0 Å². The van der Waals surface area contributed by atoms with Gasteiger partial charge in [0.25, 0.3) is 10.0 Å². The van der Waals surface area contributed by atoms with Crippen molar-refractivity contribution >= 4 is 33.1 Å². The number of carbonyl (C=O) groups is 1. The molecule has 1 aliphatic heterocycles. The lowest BCUT2D eigenvalue weighted by molar-refractivity contribution is 0.240. The second-order valence-electron chi connectivity index (χ2n) is 2.55. The van der Waals surface area contributed by atoms with Gasteiger partial charge in [-0.15, -0.1) is 11.3 Å². The standard InChI is InChI=1S/C6H6N2O3S2/c1-8-6(9)7-4-2-12-3-5(4)13(8,10)11/h2-3H,1H3,(H,7,9). The topological polar surface area (TPSA) is 66.5 Å². The number of nitrogens with zero attached hydrogens (tertiary/aromatic N) is 1. The van der Waals surface area contributed by atoms with Crippen LogP contribution in [0.5, 0.6) is 0 Å². The van der Waals surface area contributed by atoms with Gasteiger partial charge in [0, 0.05) is 17.8 Å². The van der Waals surface area contributed by atoms with Gasteiger partial charge in [-0.25, -0.2) is 17.5 Å². The molecule has 5 nitrogen and oxygen atoms in total. The summed E-state index contributed by atoms with van der Waals surface area (Å²) in [5.41, 5.74) is 0.369. The molecule has 0 unspecified atom stereocenters. The summed E-state index contributed by atoms with van der Waals surface area (Å²) in [7, 11) is -2.37. The maximum Gasteiger partial charge on any atom is 0.335 e. The zero-order valence-electron chi connectivity index (χ0n) is 6.64. The number of amides is 2. The van der Waals surface area contributed by atoms with Crippen molar-refractivity contribution in [3.63, 3.8) is 0 Å². The molecule has 1 aliphatic rings. The fourth-order valence-electron chi connectivity index (χ4n) is 1.03. The van der Waals surface area contributed by atoms with Crippen molar-refractivity contribution in [1.82, 2.24) is 4.31 Å². The van der Waals surface area contributed by atoms with E-state index in [2.05, 4.69) is 5.32 Å². The minimum atomic E-state index is -3.59. The van der Waals surface area contributed by atoms with Crippen LogP contribution in [0.3, 0.4) is 0 Å². The Labute approximate surface area is 79.0 Å². The first kappa shape index (κ1) is 8.52. The molecule has 0 atom stereocenters. The second kappa shape index (κ2) is 2.46. The Morgan fingerprint density at radius 3 is 2.85 bits per heavy atom. The summed E-state index contributed by atoms with van der Waals surface area (Å²) in [6.07, 6.45) is 0. The molecule has 7 heteroatoms. The number of carbonyl (C=O) groups excluding carboxylic acids is 1. The van der Waals surface area contributed by atoms with Gasteiger partial charge in [-0.3, -0.25) is 0 Å². The van der Waals surface area contributed by atoms with Crippen molar-refractivity contribution in [2.45, 2.75) is 4.90 Å². The van der Waals surface area contributed by atoms with Gasteiger partial charge < -0.3 is 5.32 Å². The number of anilines is 1. The normalized spacial score (nSPS) is 19.5. The lowest BCUT2D eigenvalue weighted by atomic mass is 10.5. The van der Waals surface area contributed by atoms with Crippen LogP contribution >= 0.6 is 11.3 Å². The molecule has 1 aromatic heterocycles. The summed E-state index contributed by atoms with van der Waals surface area (Å²) in [6, 6.07) is -0.620. The highest BCUT2D eigenvalue weighted by atomic mass is 32.2. The third-order valence-electron chi connectivity index (χ3n) is 1.79. The Morgan fingerprint density at radius 1 is 1.46 bits per heavy atom. The molecule has 0 aromatic carbocycles. The molecule has 2 heterocycles. The van der Waals surface area contributed by atoms with E-state index in [1.807, 2.05) is 0 Å². The van der Waals surface area contributed by atoms with Gasteiger partial charge in [0.15, 0.2) is 0 Å². The predicted molar refractivity (Wildman–Crippen MR) is 48.3 cm³/mol. The van der Waals surface area contributed by atoms with Crippen LogP contribution in [0.1, 0.15) is 0 Å². The van der Waals surface area contributed by atoms with Gasteiger partial charge in [-0.1, -0.05) is 0 Å². The van der Waals surface area contributed by atoms with Crippen LogP contribution in [0.4, 0.5) is 10.5 Å². The molecule has 0 bridgehead atoms. The summed E-state index contributed by atoms with van der Waals surface area (Å²) >= 11 is 1.24. The number of urea groups is 1. The molecule has 2 amide bonds. The van der Waals surface area contributed by atoms with Crippen molar-refractivity contribution < 1.29 is 13.2 Å². The van der Waals surface area contributed by atoms with E-state index in [1.165, 1.54) is 23.8 Å². The van der Waals surface area contributed by atoms with E-state index in [9.17, 15) is 13.2 Å². The smallest absolute Gasteiger partial charge is 0.305 e. The minimum Gasteiger partial charge on any atom is -0.305 e. The fraction of sp³-hybridized carbons (Fsp3) is 0.167. The van der Waals surface area contributed by atoms with Gasteiger partial charge >= 0.3 is 6.03 Å². The number of sulfonamides is 1. The molecule has 0 spiro atoms.